The SMILES string of the molecule is CC1CCC(C(C)C)C(OC(=O)CN2C(=O)NC(C)(c3cccc(C#N)c3)C2=O)C1. The quantitative estimate of drug-likeness (QED) is 0.592. The van der Waals surface area contributed by atoms with Crippen LogP contribution < -0.4 is 5.32 Å². The van der Waals surface area contributed by atoms with Crippen molar-refractivity contribution in [2.75, 3.05) is 6.54 Å². The van der Waals surface area contributed by atoms with Gasteiger partial charge in [0.2, 0.25) is 0 Å². The first kappa shape index (κ1) is 21.8. The highest BCUT2D eigenvalue weighted by Gasteiger charge is 2.50. The average Bonchev–Trinajstić information content (AvgIpc) is 2.92. The Morgan fingerprint density at radius 2 is 2.10 bits per heavy atom. The molecule has 0 radical (unpaired) electrons. The Kier molecular flexibility index (Phi) is 6.16. The van der Waals surface area contributed by atoms with Crippen molar-refractivity contribution in [3.05, 3.63) is 35.4 Å². The first-order valence-electron chi connectivity index (χ1n) is 10.5. The fraction of sp³-hybridized carbons (Fsp3) is 0.565. The lowest BCUT2D eigenvalue weighted by molar-refractivity contribution is -0.158. The van der Waals surface area contributed by atoms with Crippen LogP contribution in [-0.2, 0) is 19.9 Å². The van der Waals surface area contributed by atoms with E-state index in [0.29, 0.717) is 23.0 Å². The Morgan fingerprint density at radius 1 is 1.37 bits per heavy atom. The summed E-state index contributed by atoms with van der Waals surface area (Å²) in [5.41, 5.74) is -0.444. The highest BCUT2D eigenvalue weighted by Crippen LogP contribution is 2.35. The molecule has 3 rings (SSSR count). The van der Waals surface area contributed by atoms with E-state index < -0.39 is 30.0 Å². The van der Waals surface area contributed by atoms with Gasteiger partial charge in [-0.2, -0.15) is 5.26 Å². The normalized spacial score (nSPS) is 28.9. The zero-order chi connectivity index (χ0) is 22.1. The first-order valence-corrected chi connectivity index (χ1v) is 10.5. The number of carbonyl (C=O) groups is 3. The predicted molar refractivity (Wildman–Crippen MR) is 110 cm³/mol. The van der Waals surface area contributed by atoms with Crippen molar-refractivity contribution in [3.8, 4) is 6.07 Å². The van der Waals surface area contributed by atoms with E-state index in [9.17, 15) is 14.4 Å². The number of hydrogen-bond acceptors (Lipinski definition) is 5. The summed E-state index contributed by atoms with van der Waals surface area (Å²) < 4.78 is 5.75. The van der Waals surface area contributed by atoms with Gasteiger partial charge in [-0.05, 0) is 55.2 Å². The maximum absolute atomic E-state index is 13.0. The molecule has 0 bridgehead atoms. The van der Waals surface area contributed by atoms with Crippen LogP contribution in [0.2, 0.25) is 0 Å². The van der Waals surface area contributed by atoms with Crippen molar-refractivity contribution in [3.63, 3.8) is 0 Å². The molecule has 2 fully saturated rings. The third-order valence-corrected chi connectivity index (χ3v) is 6.38. The number of rotatable bonds is 5. The largest absolute Gasteiger partial charge is 0.461 e. The van der Waals surface area contributed by atoms with Gasteiger partial charge in [-0.1, -0.05) is 39.3 Å². The van der Waals surface area contributed by atoms with Gasteiger partial charge < -0.3 is 10.1 Å². The number of carbonyl (C=O) groups excluding carboxylic acids is 3. The fourth-order valence-electron chi connectivity index (χ4n) is 4.52. The van der Waals surface area contributed by atoms with Crippen LogP contribution in [0.25, 0.3) is 0 Å². The molecule has 160 valence electrons. The monoisotopic (exact) mass is 411 g/mol. The number of nitriles is 1. The zero-order valence-electron chi connectivity index (χ0n) is 18.0. The van der Waals surface area contributed by atoms with Crippen LogP contribution >= 0.6 is 0 Å². The molecular weight excluding hydrogens is 382 g/mol. The molecule has 4 atom stereocenters. The summed E-state index contributed by atoms with van der Waals surface area (Å²) in [7, 11) is 0. The van der Waals surface area contributed by atoms with Crippen LogP contribution in [0.4, 0.5) is 4.79 Å². The van der Waals surface area contributed by atoms with Gasteiger partial charge in [0.1, 0.15) is 18.2 Å². The number of ether oxygens (including phenoxy) is 1. The van der Waals surface area contributed by atoms with E-state index in [2.05, 4.69) is 26.1 Å². The lowest BCUT2D eigenvalue weighted by atomic mass is 9.75. The molecule has 0 spiro atoms. The Hall–Kier alpha value is -2.88. The molecule has 7 heteroatoms. The van der Waals surface area contributed by atoms with Crippen LogP contribution in [-0.4, -0.2) is 35.5 Å². The van der Waals surface area contributed by atoms with Gasteiger partial charge in [-0.25, -0.2) is 4.79 Å². The van der Waals surface area contributed by atoms with Crippen LogP contribution in [0, 0.1) is 29.1 Å². The maximum atomic E-state index is 13.0. The third-order valence-electron chi connectivity index (χ3n) is 6.38. The number of benzene rings is 1. The zero-order valence-corrected chi connectivity index (χ0v) is 18.0. The van der Waals surface area contributed by atoms with Gasteiger partial charge in [0.25, 0.3) is 5.91 Å². The van der Waals surface area contributed by atoms with Crippen LogP contribution in [0.3, 0.4) is 0 Å². The number of imide groups is 1. The van der Waals surface area contributed by atoms with Gasteiger partial charge in [0.15, 0.2) is 0 Å². The second-order valence-corrected chi connectivity index (χ2v) is 8.99. The smallest absolute Gasteiger partial charge is 0.326 e. The Bertz CT molecular complexity index is 891. The van der Waals surface area contributed by atoms with E-state index in [0.717, 1.165) is 24.2 Å². The highest BCUT2D eigenvalue weighted by atomic mass is 16.5. The summed E-state index contributed by atoms with van der Waals surface area (Å²) >= 11 is 0. The minimum Gasteiger partial charge on any atom is -0.461 e. The van der Waals surface area contributed by atoms with E-state index in [1.807, 2.05) is 6.07 Å². The maximum Gasteiger partial charge on any atom is 0.326 e. The van der Waals surface area contributed by atoms with E-state index in [4.69, 9.17) is 10.00 Å². The van der Waals surface area contributed by atoms with Gasteiger partial charge in [0.05, 0.1) is 11.6 Å². The van der Waals surface area contributed by atoms with E-state index in [1.165, 1.54) is 0 Å². The van der Waals surface area contributed by atoms with E-state index >= 15 is 0 Å². The number of nitrogens with one attached hydrogen (secondary N) is 1. The molecule has 7 nitrogen and oxygen atoms in total. The van der Waals surface area contributed by atoms with Gasteiger partial charge in [-0.15, -0.1) is 0 Å². The molecule has 1 heterocycles. The van der Waals surface area contributed by atoms with Gasteiger partial charge in [-0.3, -0.25) is 14.5 Å². The summed E-state index contributed by atoms with van der Waals surface area (Å²) in [6.45, 7) is 7.55. The van der Waals surface area contributed by atoms with Gasteiger partial charge >= 0.3 is 12.0 Å². The van der Waals surface area contributed by atoms with Crippen LogP contribution in [0.1, 0.15) is 58.1 Å². The number of esters is 1. The summed E-state index contributed by atoms with van der Waals surface area (Å²) in [4.78, 5) is 39.1. The summed E-state index contributed by atoms with van der Waals surface area (Å²) in [5, 5.41) is 11.8. The molecule has 1 saturated heterocycles. The molecule has 1 aliphatic heterocycles. The third kappa shape index (κ3) is 4.18. The molecule has 1 aromatic carbocycles. The fourth-order valence-corrected chi connectivity index (χ4v) is 4.52. The Balaban J connectivity index is 1.72. The topological polar surface area (TPSA) is 99.5 Å². The van der Waals surface area contributed by atoms with Crippen LogP contribution in [0.15, 0.2) is 24.3 Å². The molecule has 1 N–H and O–H groups in total. The van der Waals surface area contributed by atoms with Crippen molar-refractivity contribution in [1.82, 2.24) is 10.2 Å². The number of hydrogen-bond donors (Lipinski definition) is 1. The summed E-state index contributed by atoms with van der Waals surface area (Å²) in [6, 6.07) is 7.92. The van der Waals surface area contributed by atoms with Gasteiger partial charge in [0, 0.05) is 0 Å². The number of nitrogens with zero attached hydrogens (tertiary/aromatic N) is 2. The molecule has 30 heavy (non-hydrogen) atoms. The van der Waals surface area contributed by atoms with E-state index in [1.54, 1.807) is 31.2 Å². The van der Waals surface area contributed by atoms with Crippen LogP contribution in [0.5, 0.6) is 0 Å². The summed E-state index contributed by atoms with van der Waals surface area (Å²) in [5.74, 6) is 0.0513. The average molecular weight is 412 g/mol. The molecule has 2 aliphatic rings. The first-order chi connectivity index (χ1) is 14.2. The molecule has 3 amide bonds. The minimum absolute atomic E-state index is 0.194. The Morgan fingerprint density at radius 3 is 2.77 bits per heavy atom. The number of amides is 3. The number of urea groups is 1. The lowest BCUT2D eigenvalue weighted by Gasteiger charge is -2.36. The van der Waals surface area contributed by atoms with Crippen molar-refractivity contribution >= 4 is 17.9 Å². The second-order valence-electron chi connectivity index (χ2n) is 8.99. The molecule has 4 unspecified atom stereocenters. The highest BCUT2D eigenvalue weighted by molar-refractivity contribution is 6.08. The molecule has 1 aliphatic carbocycles. The summed E-state index contributed by atoms with van der Waals surface area (Å²) in [6.07, 6.45) is 2.73. The molecule has 1 saturated carbocycles. The lowest BCUT2D eigenvalue weighted by Crippen LogP contribution is -2.43. The molecule has 1 aromatic rings. The minimum atomic E-state index is -1.33. The van der Waals surface area contributed by atoms with E-state index in [-0.39, 0.29) is 12.0 Å². The molecule has 0 aromatic heterocycles. The van der Waals surface area contributed by atoms with Crippen molar-refractivity contribution in [2.24, 2.45) is 17.8 Å². The van der Waals surface area contributed by atoms with Crippen molar-refractivity contribution in [1.29, 1.82) is 5.26 Å². The predicted octanol–water partition coefficient (Wildman–Crippen LogP) is 3.33. The Labute approximate surface area is 177 Å². The standard InChI is InChI=1S/C23H29N3O4/c1-14(2)18-9-8-15(3)10-19(18)30-20(27)13-26-21(28)23(4,25-22(26)29)17-7-5-6-16(11-17)12-24/h5-7,11,14-15,18-19H,8-10,13H2,1-4H3,(H,25,29). The van der Waals surface area contributed by atoms with Crippen molar-refractivity contribution < 1.29 is 19.1 Å². The van der Waals surface area contributed by atoms with Crippen molar-refractivity contribution in [2.45, 2.75) is 58.6 Å². The second kappa shape index (κ2) is 8.47. The molecular formula is C23H29N3O4.